The van der Waals surface area contributed by atoms with E-state index >= 15 is 0 Å². The molecular formula is C12H15N3O4. The minimum atomic E-state index is -0.524. The number of nitrogens with zero attached hydrogens (tertiary/aromatic N) is 1. The Morgan fingerprint density at radius 2 is 2.16 bits per heavy atom. The number of aliphatic hydroxyl groups is 1. The van der Waals surface area contributed by atoms with Gasteiger partial charge in [0.15, 0.2) is 0 Å². The Morgan fingerprint density at radius 1 is 1.47 bits per heavy atom. The van der Waals surface area contributed by atoms with Crippen molar-refractivity contribution in [1.82, 2.24) is 5.32 Å². The highest BCUT2D eigenvalue weighted by Gasteiger charge is 2.29. The summed E-state index contributed by atoms with van der Waals surface area (Å²) in [6, 6.07) is 4.34. The molecular weight excluding hydrogens is 250 g/mol. The normalized spacial score (nSPS) is 21.4. The van der Waals surface area contributed by atoms with Crippen molar-refractivity contribution in [2.45, 2.75) is 25.0 Å². The smallest absolute Gasteiger partial charge is 0.293 e. The standard InChI is InChI=1S/C12H15N3O4/c1-13-12(17)7-2-3-10(11(4-7)15(18)19)14-8-5-9(16)6-8/h2-4,8-9,14,16H,5-6H2,1H3,(H,13,17). The van der Waals surface area contributed by atoms with Gasteiger partial charge < -0.3 is 15.7 Å². The molecule has 1 aromatic rings. The molecule has 0 radical (unpaired) electrons. The second-order valence-corrected chi connectivity index (χ2v) is 4.53. The number of hydrogen-bond donors (Lipinski definition) is 3. The van der Waals surface area contributed by atoms with Crippen molar-refractivity contribution >= 4 is 17.3 Å². The van der Waals surface area contributed by atoms with Crippen molar-refractivity contribution in [3.05, 3.63) is 33.9 Å². The molecule has 0 heterocycles. The van der Waals surface area contributed by atoms with Crippen LogP contribution in [0.25, 0.3) is 0 Å². The fraction of sp³-hybridized carbons (Fsp3) is 0.417. The predicted molar refractivity (Wildman–Crippen MR) is 69.1 cm³/mol. The zero-order valence-corrected chi connectivity index (χ0v) is 10.4. The minimum Gasteiger partial charge on any atom is -0.393 e. The van der Waals surface area contributed by atoms with E-state index < -0.39 is 4.92 Å². The largest absolute Gasteiger partial charge is 0.393 e. The summed E-state index contributed by atoms with van der Waals surface area (Å²) < 4.78 is 0. The van der Waals surface area contributed by atoms with E-state index in [0.717, 1.165) is 0 Å². The first kappa shape index (κ1) is 13.3. The van der Waals surface area contributed by atoms with Crippen LogP contribution in [0.2, 0.25) is 0 Å². The summed E-state index contributed by atoms with van der Waals surface area (Å²) in [5.41, 5.74) is 0.477. The Kier molecular flexibility index (Phi) is 3.66. The van der Waals surface area contributed by atoms with Crippen LogP contribution in [0.1, 0.15) is 23.2 Å². The first-order chi connectivity index (χ1) is 9.01. The van der Waals surface area contributed by atoms with E-state index in [4.69, 9.17) is 0 Å². The third-order valence-corrected chi connectivity index (χ3v) is 3.16. The van der Waals surface area contributed by atoms with Gasteiger partial charge in [-0.1, -0.05) is 0 Å². The fourth-order valence-corrected chi connectivity index (χ4v) is 2.02. The number of hydrogen-bond acceptors (Lipinski definition) is 5. The predicted octanol–water partition coefficient (Wildman–Crippen LogP) is 0.890. The van der Waals surface area contributed by atoms with Gasteiger partial charge in [-0.2, -0.15) is 0 Å². The van der Waals surface area contributed by atoms with Crippen LogP contribution in [0.5, 0.6) is 0 Å². The minimum absolute atomic E-state index is 0.0413. The Hall–Kier alpha value is -2.15. The number of carbonyl (C=O) groups is 1. The highest BCUT2D eigenvalue weighted by molar-refractivity contribution is 5.95. The van der Waals surface area contributed by atoms with Crippen LogP contribution in [-0.4, -0.2) is 35.1 Å². The van der Waals surface area contributed by atoms with Crippen LogP contribution < -0.4 is 10.6 Å². The van der Waals surface area contributed by atoms with Crippen molar-refractivity contribution in [2.75, 3.05) is 12.4 Å². The van der Waals surface area contributed by atoms with Crippen LogP contribution >= 0.6 is 0 Å². The van der Waals surface area contributed by atoms with Gasteiger partial charge in [0.05, 0.1) is 11.0 Å². The molecule has 0 bridgehead atoms. The third kappa shape index (κ3) is 2.82. The summed E-state index contributed by atoms with van der Waals surface area (Å²) in [6.45, 7) is 0. The Labute approximate surface area is 109 Å². The number of anilines is 1. The zero-order chi connectivity index (χ0) is 14.0. The highest BCUT2D eigenvalue weighted by atomic mass is 16.6. The third-order valence-electron chi connectivity index (χ3n) is 3.16. The van der Waals surface area contributed by atoms with E-state index in [0.29, 0.717) is 18.5 Å². The monoisotopic (exact) mass is 265 g/mol. The van der Waals surface area contributed by atoms with Crippen LogP contribution in [0.4, 0.5) is 11.4 Å². The number of rotatable bonds is 4. The van der Waals surface area contributed by atoms with Crippen molar-refractivity contribution in [3.8, 4) is 0 Å². The molecule has 0 atom stereocenters. The van der Waals surface area contributed by atoms with E-state index in [2.05, 4.69) is 10.6 Å². The molecule has 0 unspecified atom stereocenters. The molecule has 7 nitrogen and oxygen atoms in total. The topological polar surface area (TPSA) is 104 Å². The van der Waals surface area contributed by atoms with Gasteiger partial charge >= 0.3 is 0 Å². The number of amides is 1. The average molecular weight is 265 g/mol. The first-order valence-corrected chi connectivity index (χ1v) is 5.96. The second-order valence-electron chi connectivity index (χ2n) is 4.53. The van der Waals surface area contributed by atoms with Gasteiger partial charge in [0.2, 0.25) is 0 Å². The average Bonchev–Trinajstić information content (AvgIpc) is 2.36. The molecule has 2 rings (SSSR count). The summed E-state index contributed by atoms with van der Waals surface area (Å²) in [4.78, 5) is 21.9. The second kappa shape index (κ2) is 5.23. The molecule has 102 valence electrons. The van der Waals surface area contributed by atoms with E-state index in [-0.39, 0.29) is 29.3 Å². The summed E-state index contributed by atoms with van der Waals surface area (Å²) in [5.74, 6) is -0.367. The molecule has 1 aliphatic carbocycles. The summed E-state index contributed by atoms with van der Waals surface area (Å²) in [5, 5.41) is 25.6. The molecule has 1 fully saturated rings. The van der Waals surface area contributed by atoms with Crippen LogP contribution in [0, 0.1) is 10.1 Å². The molecule has 1 amide bonds. The molecule has 0 spiro atoms. The highest BCUT2D eigenvalue weighted by Crippen LogP contribution is 2.30. The van der Waals surface area contributed by atoms with E-state index in [1.54, 1.807) is 0 Å². The lowest BCUT2D eigenvalue weighted by atomic mass is 9.89. The lowest BCUT2D eigenvalue weighted by Crippen LogP contribution is -2.39. The van der Waals surface area contributed by atoms with E-state index in [9.17, 15) is 20.0 Å². The van der Waals surface area contributed by atoms with Crippen molar-refractivity contribution in [2.24, 2.45) is 0 Å². The van der Waals surface area contributed by atoms with Gasteiger partial charge in [0, 0.05) is 24.7 Å². The number of nitro benzene ring substituents is 1. The Morgan fingerprint density at radius 3 is 2.68 bits per heavy atom. The quantitative estimate of drug-likeness (QED) is 0.554. The molecule has 3 N–H and O–H groups in total. The molecule has 19 heavy (non-hydrogen) atoms. The number of aliphatic hydroxyl groups excluding tert-OH is 1. The summed E-state index contributed by atoms with van der Waals surface area (Å²) in [7, 11) is 1.47. The van der Waals surface area contributed by atoms with Gasteiger partial charge in [0.25, 0.3) is 11.6 Å². The number of benzene rings is 1. The zero-order valence-electron chi connectivity index (χ0n) is 10.4. The van der Waals surface area contributed by atoms with Crippen LogP contribution in [0.15, 0.2) is 18.2 Å². The molecule has 0 aromatic heterocycles. The molecule has 1 saturated carbocycles. The van der Waals surface area contributed by atoms with E-state index in [1.165, 1.54) is 25.2 Å². The number of carbonyl (C=O) groups excluding carboxylic acids is 1. The van der Waals surface area contributed by atoms with Crippen LogP contribution in [-0.2, 0) is 0 Å². The van der Waals surface area contributed by atoms with Crippen molar-refractivity contribution < 1.29 is 14.8 Å². The lowest BCUT2D eigenvalue weighted by molar-refractivity contribution is -0.384. The molecule has 0 aliphatic heterocycles. The maximum absolute atomic E-state index is 11.4. The molecule has 1 aliphatic rings. The van der Waals surface area contributed by atoms with E-state index in [1.807, 2.05) is 0 Å². The maximum Gasteiger partial charge on any atom is 0.293 e. The fourth-order valence-electron chi connectivity index (χ4n) is 2.02. The van der Waals surface area contributed by atoms with Gasteiger partial charge in [-0.15, -0.1) is 0 Å². The number of nitro groups is 1. The van der Waals surface area contributed by atoms with Crippen molar-refractivity contribution in [3.63, 3.8) is 0 Å². The van der Waals surface area contributed by atoms with Crippen molar-refractivity contribution in [1.29, 1.82) is 0 Å². The number of nitrogens with one attached hydrogen (secondary N) is 2. The SMILES string of the molecule is CNC(=O)c1ccc(NC2CC(O)C2)c([N+](=O)[O-])c1. The van der Waals surface area contributed by atoms with Crippen LogP contribution in [0.3, 0.4) is 0 Å². The molecule has 7 heteroatoms. The molecule has 1 aromatic carbocycles. The summed E-state index contributed by atoms with van der Waals surface area (Å²) in [6.07, 6.45) is 0.824. The summed E-state index contributed by atoms with van der Waals surface area (Å²) >= 11 is 0. The first-order valence-electron chi connectivity index (χ1n) is 5.96. The lowest BCUT2D eigenvalue weighted by Gasteiger charge is -2.32. The van der Waals surface area contributed by atoms with Gasteiger partial charge in [-0.25, -0.2) is 0 Å². The Bertz CT molecular complexity index is 512. The van der Waals surface area contributed by atoms with Gasteiger partial charge in [0.1, 0.15) is 5.69 Å². The Balaban J connectivity index is 2.22. The van der Waals surface area contributed by atoms with Gasteiger partial charge in [-0.05, 0) is 25.0 Å². The molecule has 0 saturated heterocycles. The van der Waals surface area contributed by atoms with Gasteiger partial charge in [-0.3, -0.25) is 14.9 Å². The maximum atomic E-state index is 11.4.